The van der Waals surface area contributed by atoms with Crippen molar-refractivity contribution < 1.29 is 9.31 Å². The summed E-state index contributed by atoms with van der Waals surface area (Å²) < 4.78 is 13.4. The third kappa shape index (κ3) is 7.91. The van der Waals surface area contributed by atoms with Gasteiger partial charge in [0.15, 0.2) is 0 Å². The third-order valence-corrected chi connectivity index (χ3v) is 11.5. The third-order valence-electron chi connectivity index (χ3n) is 11.5. The highest BCUT2D eigenvalue weighted by Gasteiger charge is 2.51. The van der Waals surface area contributed by atoms with E-state index in [1.165, 1.54) is 22.3 Å². The van der Waals surface area contributed by atoms with Gasteiger partial charge in [0.05, 0.1) is 11.2 Å². The molecule has 0 saturated carbocycles. The summed E-state index contributed by atoms with van der Waals surface area (Å²) in [6.07, 6.45) is 0. The maximum atomic E-state index is 6.69. The highest BCUT2D eigenvalue weighted by atomic mass is 16.7. The Bertz CT molecular complexity index is 2240. The lowest BCUT2D eigenvalue weighted by Crippen LogP contribution is -2.41. The highest BCUT2D eigenvalue weighted by molar-refractivity contribution is 6.62. The molecule has 0 amide bonds. The monoisotopic (exact) mass is 746 g/mol. The molecule has 1 aliphatic heterocycles. The van der Waals surface area contributed by atoms with Crippen LogP contribution in [0.25, 0.3) is 22.3 Å². The van der Waals surface area contributed by atoms with Crippen molar-refractivity contribution in [2.75, 3.05) is 9.80 Å². The van der Waals surface area contributed by atoms with Crippen LogP contribution >= 0.6 is 0 Å². The summed E-state index contributed by atoms with van der Waals surface area (Å²) in [5.74, 6) is 0. The molecule has 1 saturated heterocycles. The number of benzene rings is 7. The standard InChI is InChI=1S/C52H51BN2O2/c1-36-15-23-45(24-16-36)54(46-25-17-37(2)18-26-46)49-13-9-11-40(34-49)42-31-43(33-44(32-42)53-56-51(5,6)52(7,8)57-53)41-12-10-14-50(35-41)55(47-27-19-38(3)20-28-47)48-29-21-39(4)22-30-48/h9-35H,1-8H3. The average Bonchev–Trinajstić information content (AvgIpc) is 3.43. The van der Waals surface area contributed by atoms with Gasteiger partial charge in [-0.2, -0.15) is 0 Å². The fourth-order valence-electron chi connectivity index (χ4n) is 7.42. The molecule has 0 aliphatic carbocycles. The van der Waals surface area contributed by atoms with E-state index in [0.717, 1.165) is 61.8 Å². The molecule has 0 radical (unpaired) electrons. The molecule has 4 nitrogen and oxygen atoms in total. The summed E-state index contributed by atoms with van der Waals surface area (Å²) >= 11 is 0. The van der Waals surface area contributed by atoms with Crippen LogP contribution in [0.2, 0.25) is 0 Å². The Morgan fingerprint density at radius 3 is 0.982 bits per heavy atom. The van der Waals surface area contributed by atoms with Gasteiger partial charge in [-0.1, -0.05) is 107 Å². The summed E-state index contributed by atoms with van der Waals surface area (Å²) in [6, 6.07) is 59.4. The molecule has 1 aliphatic rings. The van der Waals surface area contributed by atoms with E-state index in [-0.39, 0.29) is 0 Å². The van der Waals surface area contributed by atoms with Gasteiger partial charge in [-0.3, -0.25) is 0 Å². The number of anilines is 6. The minimum Gasteiger partial charge on any atom is -0.399 e. The van der Waals surface area contributed by atoms with Gasteiger partial charge in [0.1, 0.15) is 0 Å². The summed E-state index contributed by atoms with van der Waals surface area (Å²) in [6.45, 7) is 17.0. The Balaban J connectivity index is 1.26. The Labute approximate surface area is 339 Å². The van der Waals surface area contributed by atoms with Gasteiger partial charge in [0.2, 0.25) is 0 Å². The molecule has 0 aromatic heterocycles. The first-order valence-electron chi connectivity index (χ1n) is 19.9. The molecule has 7 aromatic rings. The maximum absolute atomic E-state index is 6.69. The van der Waals surface area contributed by atoms with Crippen molar-refractivity contribution in [3.63, 3.8) is 0 Å². The van der Waals surface area contributed by atoms with Gasteiger partial charge in [-0.05, 0) is 162 Å². The quantitative estimate of drug-likeness (QED) is 0.137. The van der Waals surface area contributed by atoms with Gasteiger partial charge in [-0.15, -0.1) is 0 Å². The summed E-state index contributed by atoms with van der Waals surface area (Å²) in [7, 11) is -0.520. The molecule has 7 aromatic carbocycles. The van der Waals surface area contributed by atoms with Crippen molar-refractivity contribution in [1.29, 1.82) is 0 Å². The molecule has 5 heteroatoms. The van der Waals surface area contributed by atoms with Crippen LogP contribution in [0.4, 0.5) is 34.1 Å². The van der Waals surface area contributed by atoms with E-state index in [1.54, 1.807) is 0 Å². The van der Waals surface area contributed by atoms with Crippen LogP contribution in [0.5, 0.6) is 0 Å². The van der Waals surface area contributed by atoms with E-state index in [2.05, 4.69) is 229 Å². The molecule has 1 fully saturated rings. The van der Waals surface area contributed by atoms with Crippen molar-refractivity contribution in [3.05, 3.63) is 186 Å². The predicted molar refractivity (Wildman–Crippen MR) is 241 cm³/mol. The zero-order valence-corrected chi connectivity index (χ0v) is 34.4. The zero-order chi connectivity index (χ0) is 39.9. The number of aryl methyl sites for hydroxylation is 4. The smallest absolute Gasteiger partial charge is 0.399 e. The maximum Gasteiger partial charge on any atom is 0.494 e. The summed E-state index contributed by atoms with van der Waals surface area (Å²) in [5.41, 5.74) is 15.9. The SMILES string of the molecule is Cc1ccc(N(c2ccc(C)cc2)c2cccc(-c3cc(B4OC(C)(C)C(C)(C)O4)cc(-c4cccc(N(c5ccc(C)cc5)c5ccc(C)cc5)c4)c3)c2)cc1. The molecular weight excluding hydrogens is 695 g/mol. The molecule has 0 spiro atoms. The number of rotatable bonds is 9. The van der Waals surface area contributed by atoms with E-state index in [0.29, 0.717) is 0 Å². The van der Waals surface area contributed by atoms with Crippen molar-refractivity contribution in [3.8, 4) is 22.3 Å². The van der Waals surface area contributed by atoms with Crippen molar-refractivity contribution >= 4 is 46.7 Å². The fourth-order valence-corrected chi connectivity index (χ4v) is 7.42. The first-order valence-corrected chi connectivity index (χ1v) is 19.9. The molecule has 1 heterocycles. The molecule has 0 bridgehead atoms. The van der Waals surface area contributed by atoms with Crippen LogP contribution in [-0.2, 0) is 9.31 Å². The summed E-state index contributed by atoms with van der Waals surface area (Å²) in [5, 5.41) is 0. The zero-order valence-electron chi connectivity index (χ0n) is 34.4. The van der Waals surface area contributed by atoms with E-state index in [1.807, 2.05) is 0 Å². The van der Waals surface area contributed by atoms with Crippen LogP contribution in [0.15, 0.2) is 164 Å². The first-order chi connectivity index (χ1) is 27.3. The van der Waals surface area contributed by atoms with E-state index >= 15 is 0 Å². The molecular formula is C52H51BN2O2. The predicted octanol–water partition coefficient (Wildman–Crippen LogP) is 13.5. The van der Waals surface area contributed by atoms with Crippen LogP contribution in [0.1, 0.15) is 49.9 Å². The molecule has 284 valence electrons. The Kier molecular flexibility index (Phi) is 10.2. The Morgan fingerprint density at radius 1 is 0.351 bits per heavy atom. The number of hydrogen-bond donors (Lipinski definition) is 0. The van der Waals surface area contributed by atoms with Crippen LogP contribution < -0.4 is 15.3 Å². The van der Waals surface area contributed by atoms with Crippen LogP contribution in [0, 0.1) is 27.7 Å². The molecule has 0 atom stereocenters. The molecule has 8 rings (SSSR count). The second-order valence-electron chi connectivity index (χ2n) is 16.5. The highest BCUT2D eigenvalue weighted by Crippen LogP contribution is 2.41. The Hall–Kier alpha value is -5.88. The first kappa shape index (κ1) is 38.0. The van der Waals surface area contributed by atoms with E-state index in [9.17, 15) is 0 Å². The van der Waals surface area contributed by atoms with Crippen molar-refractivity contribution in [2.45, 2.75) is 66.6 Å². The van der Waals surface area contributed by atoms with Gasteiger partial charge >= 0.3 is 7.12 Å². The Morgan fingerprint density at radius 2 is 0.667 bits per heavy atom. The minimum atomic E-state index is -0.520. The molecule has 0 unspecified atom stereocenters. The van der Waals surface area contributed by atoms with Crippen LogP contribution in [-0.4, -0.2) is 18.3 Å². The van der Waals surface area contributed by atoms with Gasteiger partial charge < -0.3 is 19.1 Å². The minimum absolute atomic E-state index is 0.473. The van der Waals surface area contributed by atoms with E-state index in [4.69, 9.17) is 9.31 Å². The van der Waals surface area contributed by atoms with Crippen molar-refractivity contribution in [2.24, 2.45) is 0 Å². The van der Waals surface area contributed by atoms with Gasteiger partial charge in [0.25, 0.3) is 0 Å². The lowest BCUT2D eigenvalue weighted by atomic mass is 9.76. The lowest BCUT2D eigenvalue weighted by molar-refractivity contribution is 0.00578. The number of hydrogen-bond acceptors (Lipinski definition) is 4. The second kappa shape index (κ2) is 15.2. The largest absolute Gasteiger partial charge is 0.494 e. The van der Waals surface area contributed by atoms with Gasteiger partial charge in [-0.25, -0.2) is 0 Å². The summed E-state index contributed by atoms with van der Waals surface area (Å²) in [4.78, 5) is 4.66. The van der Waals surface area contributed by atoms with Crippen molar-refractivity contribution in [1.82, 2.24) is 0 Å². The second-order valence-corrected chi connectivity index (χ2v) is 16.5. The topological polar surface area (TPSA) is 24.9 Å². The van der Waals surface area contributed by atoms with Gasteiger partial charge in [0, 0.05) is 34.1 Å². The molecule has 0 N–H and O–H groups in total. The van der Waals surface area contributed by atoms with Crippen LogP contribution in [0.3, 0.4) is 0 Å². The average molecular weight is 747 g/mol. The fraction of sp³-hybridized carbons (Fsp3) is 0.192. The normalized spacial score (nSPS) is 14.4. The lowest BCUT2D eigenvalue weighted by Gasteiger charge is -2.32. The number of nitrogens with zero attached hydrogens (tertiary/aromatic N) is 2. The van der Waals surface area contributed by atoms with E-state index < -0.39 is 18.3 Å². The molecule has 57 heavy (non-hydrogen) atoms.